The largest absolute Gasteiger partial charge is 0.107 e. The summed E-state index contributed by atoms with van der Waals surface area (Å²) in [4.78, 5) is 0. The Kier molecular flexibility index (Phi) is 12.3. The molecule has 0 N–H and O–H groups in total. The predicted octanol–water partition coefficient (Wildman–Crippen LogP) is 5.38. The molecule has 0 rings (SSSR count). The van der Waals surface area contributed by atoms with Crippen LogP contribution < -0.4 is 0 Å². The zero-order valence-electron chi connectivity index (χ0n) is 11.5. The first kappa shape index (κ1) is 15.6. The van der Waals surface area contributed by atoms with Gasteiger partial charge in [-0.15, -0.1) is 11.8 Å². The SMILES string of the molecule is CC#CCC(C[CH]C)CCCCCCCC. The van der Waals surface area contributed by atoms with Crippen LogP contribution in [0.5, 0.6) is 0 Å². The highest BCUT2D eigenvalue weighted by molar-refractivity contribution is 4.96. The molecular weight excluding hydrogens is 192 g/mol. The van der Waals surface area contributed by atoms with Crippen LogP contribution in [-0.4, -0.2) is 0 Å². The van der Waals surface area contributed by atoms with Crippen LogP contribution >= 0.6 is 0 Å². The number of hydrogen-bond acceptors (Lipinski definition) is 0. The Labute approximate surface area is 103 Å². The molecule has 1 atom stereocenters. The second kappa shape index (κ2) is 12.6. The summed E-state index contributed by atoms with van der Waals surface area (Å²) in [6.07, 6.45) is 14.4. The topological polar surface area (TPSA) is 0 Å². The maximum absolute atomic E-state index is 3.22. The lowest BCUT2D eigenvalue weighted by Gasteiger charge is -2.12. The van der Waals surface area contributed by atoms with Gasteiger partial charge in [0.05, 0.1) is 0 Å². The van der Waals surface area contributed by atoms with Gasteiger partial charge in [0, 0.05) is 6.42 Å². The molecule has 0 aromatic carbocycles. The first-order chi connectivity index (χ1) is 7.85. The quantitative estimate of drug-likeness (QED) is 0.343. The second-order valence-electron chi connectivity index (χ2n) is 4.70. The molecule has 93 valence electrons. The molecule has 16 heavy (non-hydrogen) atoms. The van der Waals surface area contributed by atoms with Crippen LogP contribution in [-0.2, 0) is 0 Å². The standard InChI is InChI=1S/C16H29/c1-4-7-9-10-11-12-15-16(13-6-3)14-8-5-2/h6,16H,4,7,9-15H2,1-3H3. The average molecular weight is 221 g/mol. The van der Waals surface area contributed by atoms with E-state index in [-0.39, 0.29) is 0 Å². The van der Waals surface area contributed by atoms with E-state index in [0.717, 1.165) is 12.3 Å². The Bertz CT molecular complexity index is 182. The van der Waals surface area contributed by atoms with Crippen LogP contribution in [0.15, 0.2) is 0 Å². The van der Waals surface area contributed by atoms with Crippen molar-refractivity contribution in [1.82, 2.24) is 0 Å². The Balaban J connectivity index is 3.46. The fraction of sp³-hybridized carbons (Fsp3) is 0.812. The van der Waals surface area contributed by atoms with Crippen LogP contribution in [0.4, 0.5) is 0 Å². The van der Waals surface area contributed by atoms with Crippen molar-refractivity contribution in [2.45, 2.75) is 78.6 Å². The zero-order chi connectivity index (χ0) is 12.1. The first-order valence-electron chi connectivity index (χ1n) is 7.02. The fourth-order valence-electron chi connectivity index (χ4n) is 2.10. The van der Waals surface area contributed by atoms with Gasteiger partial charge in [0.15, 0.2) is 0 Å². The molecule has 0 aliphatic carbocycles. The Morgan fingerprint density at radius 3 is 2.38 bits per heavy atom. The molecule has 0 fully saturated rings. The van der Waals surface area contributed by atoms with Gasteiger partial charge in [-0.25, -0.2) is 0 Å². The summed E-state index contributed by atoms with van der Waals surface area (Å²) >= 11 is 0. The van der Waals surface area contributed by atoms with E-state index >= 15 is 0 Å². The third kappa shape index (κ3) is 10.1. The minimum atomic E-state index is 0.809. The normalized spacial score (nSPS) is 11.9. The van der Waals surface area contributed by atoms with Gasteiger partial charge in [-0.05, 0) is 32.1 Å². The molecule has 0 aromatic heterocycles. The second-order valence-corrected chi connectivity index (χ2v) is 4.70. The van der Waals surface area contributed by atoms with Crippen molar-refractivity contribution in [3.63, 3.8) is 0 Å². The van der Waals surface area contributed by atoms with Crippen molar-refractivity contribution >= 4 is 0 Å². The minimum Gasteiger partial charge on any atom is -0.107 e. The highest BCUT2D eigenvalue weighted by atomic mass is 14.1. The highest BCUT2D eigenvalue weighted by Gasteiger charge is 2.05. The van der Waals surface area contributed by atoms with Gasteiger partial charge < -0.3 is 0 Å². The summed E-state index contributed by atoms with van der Waals surface area (Å²) in [7, 11) is 0. The molecule has 0 nitrogen and oxygen atoms in total. The third-order valence-corrected chi connectivity index (χ3v) is 3.10. The first-order valence-corrected chi connectivity index (χ1v) is 7.02. The van der Waals surface area contributed by atoms with E-state index in [1.807, 2.05) is 6.92 Å². The Hall–Kier alpha value is -0.440. The molecule has 1 unspecified atom stereocenters. The lowest BCUT2D eigenvalue weighted by Crippen LogP contribution is -1.99. The molecule has 0 saturated carbocycles. The smallest absolute Gasteiger partial charge is 0.0117 e. The van der Waals surface area contributed by atoms with Gasteiger partial charge in [0.1, 0.15) is 0 Å². The van der Waals surface area contributed by atoms with Crippen LogP contribution in [0.25, 0.3) is 0 Å². The van der Waals surface area contributed by atoms with Crippen molar-refractivity contribution in [3.8, 4) is 11.8 Å². The molecule has 0 aliphatic heterocycles. The third-order valence-electron chi connectivity index (χ3n) is 3.10. The van der Waals surface area contributed by atoms with Gasteiger partial charge in [-0.2, -0.15) is 0 Å². The molecule has 0 amide bonds. The van der Waals surface area contributed by atoms with Crippen LogP contribution in [0, 0.1) is 24.2 Å². The molecule has 0 saturated heterocycles. The van der Waals surface area contributed by atoms with Crippen molar-refractivity contribution in [2.75, 3.05) is 0 Å². The van der Waals surface area contributed by atoms with Gasteiger partial charge in [0.2, 0.25) is 0 Å². The molecule has 0 bridgehead atoms. The van der Waals surface area contributed by atoms with E-state index in [0.29, 0.717) is 0 Å². The van der Waals surface area contributed by atoms with Gasteiger partial charge >= 0.3 is 0 Å². The monoisotopic (exact) mass is 221 g/mol. The maximum Gasteiger partial charge on any atom is 0.0117 e. The van der Waals surface area contributed by atoms with E-state index in [4.69, 9.17) is 0 Å². The van der Waals surface area contributed by atoms with E-state index < -0.39 is 0 Å². The summed E-state index contributed by atoms with van der Waals surface area (Å²) in [6, 6.07) is 0. The molecule has 0 heteroatoms. The summed E-state index contributed by atoms with van der Waals surface area (Å²) < 4.78 is 0. The molecule has 0 aromatic rings. The molecule has 1 radical (unpaired) electrons. The van der Waals surface area contributed by atoms with E-state index in [9.17, 15) is 0 Å². The summed E-state index contributed by atoms with van der Waals surface area (Å²) in [5, 5.41) is 0. The highest BCUT2D eigenvalue weighted by Crippen LogP contribution is 2.19. The van der Waals surface area contributed by atoms with Crippen molar-refractivity contribution < 1.29 is 0 Å². The van der Waals surface area contributed by atoms with E-state index in [1.165, 1.54) is 51.4 Å². The summed E-state index contributed by atoms with van der Waals surface area (Å²) in [6.45, 7) is 6.38. The molecular formula is C16H29. The molecule has 0 heterocycles. The fourth-order valence-corrected chi connectivity index (χ4v) is 2.10. The van der Waals surface area contributed by atoms with E-state index in [1.54, 1.807) is 0 Å². The summed E-state index contributed by atoms with van der Waals surface area (Å²) in [5.74, 6) is 7.04. The summed E-state index contributed by atoms with van der Waals surface area (Å²) in [5.41, 5.74) is 0. The van der Waals surface area contributed by atoms with Gasteiger partial charge in [0.25, 0.3) is 0 Å². The molecule has 0 aliphatic rings. The lowest BCUT2D eigenvalue weighted by atomic mass is 9.93. The van der Waals surface area contributed by atoms with Crippen molar-refractivity contribution in [1.29, 1.82) is 0 Å². The van der Waals surface area contributed by atoms with Gasteiger partial charge in [-0.3, -0.25) is 0 Å². The van der Waals surface area contributed by atoms with E-state index in [2.05, 4.69) is 32.1 Å². The molecule has 0 spiro atoms. The van der Waals surface area contributed by atoms with Gasteiger partial charge in [-0.1, -0.05) is 52.4 Å². The number of unbranched alkanes of at least 4 members (excludes halogenated alkanes) is 5. The lowest BCUT2D eigenvalue weighted by molar-refractivity contribution is 0.453. The number of hydrogen-bond donors (Lipinski definition) is 0. The average Bonchev–Trinajstić information content (AvgIpc) is 2.30. The van der Waals surface area contributed by atoms with Crippen LogP contribution in [0.1, 0.15) is 78.6 Å². The Morgan fingerprint density at radius 2 is 1.75 bits per heavy atom. The minimum absolute atomic E-state index is 0.809. The van der Waals surface area contributed by atoms with Crippen LogP contribution in [0.2, 0.25) is 0 Å². The van der Waals surface area contributed by atoms with Crippen molar-refractivity contribution in [3.05, 3.63) is 6.42 Å². The number of rotatable bonds is 10. The maximum atomic E-state index is 3.22. The Morgan fingerprint density at radius 1 is 1.06 bits per heavy atom. The predicted molar refractivity (Wildman–Crippen MR) is 74.1 cm³/mol. The van der Waals surface area contributed by atoms with Crippen molar-refractivity contribution in [2.24, 2.45) is 5.92 Å². The zero-order valence-corrected chi connectivity index (χ0v) is 11.5. The van der Waals surface area contributed by atoms with Crippen LogP contribution in [0.3, 0.4) is 0 Å².